The van der Waals surface area contributed by atoms with E-state index < -0.39 is 11.5 Å². The Morgan fingerprint density at radius 1 is 1.40 bits per heavy atom. The Morgan fingerprint density at radius 2 is 1.93 bits per heavy atom. The Labute approximate surface area is 90.2 Å². The third kappa shape index (κ3) is 4.78. The third-order valence-electron chi connectivity index (χ3n) is 2.44. The lowest BCUT2D eigenvalue weighted by atomic mass is 10.0. The number of carboxylic acids is 1. The van der Waals surface area contributed by atoms with Crippen molar-refractivity contribution in [3.63, 3.8) is 0 Å². The average Bonchev–Trinajstić information content (AvgIpc) is 2.15. The molecule has 15 heavy (non-hydrogen) atoms. The second kappa shape index (κ2) is 5.70. The van der Waals surface area contributed by atoms with Crippen LogP contribution in [0.4, 0.5) is 0 Å². The summed E-state index contributed by atoms with van der Waals surface area (Å²) >= 11 is 0. The first kappa shape index (κ1) is 13.9. The molecule has 0 aliphatic carbocycles. The van der Waals surface area contributed by atoms with Crippen molar-refractivity contribution in [2.24, 2.45) is 0 Å². The van der Waals surface area contributed by atoms with E-state index in [1.165, 1.54) is 0 Å². The highest BCUT2D eigenvalue weighted by Crippen LogP contribution is 2.04. The predicted octanol–water partition coefficient (Wildman–Crippen LogP) is 0.354. The largest absolute Gasteiger partial charge is 0.481 e. The van der Waals surface area contributed by atoms with Gasteiger partial charge in [0.15, 0.2) is 0 Å². The number of hydrogen-bond acceptors (Lipinski definition) is 3. The summed E-state index contributed by atoms with van der Waals surface area (Å²) in [4.78, 5) is 22.2. The first-order valence-electron chi connectivity index (χ1n) is 5.05. The lowest BCUT2D eigenvalue weighted by molar-refractivity contribution is -0.138. The SMILES string of the molecule is CCC(CC(=O)O)NC(=O)C(C)(C)NC. The van der Waals surface area contributed by atoms with E-state index in [4.69, 9.17) is 5.11 Å². The van der Waals surface area contributed by atoms with Gasteiger partial charge in [-0.25, -0.2) is 0 Å². The quantitative estimate of drug-likeness (QED) is 0.599. The summed E-state index contributed by atoms with van der Waals surface area (Å²) in [7, 11) is 1.69. The molecule has 0 aliphatic heterocycles. The van der Waals surface area contributed by atoms with Crippen LogP contribution in [-0.4, -0.2) is 35.6 Å². The van der Waals surface area contributed by atoms with Crippen molar-refractivity contribution in [3.05, 3.63) is 0 Å². The van der Waals surface area contributed by atoms with Gasteiger partial charge in [-0.05, 0) is 27.3 Å². The fraction of sp³-hybridized carbons (Fsp3) is 0.800. The van der Waals surface area contributed by atoms with Crippen LogP contribution in [0.25, 0.3) is 0 Å². The van der Waals surface area contributed by atoms with Gasteiger partial charge < -0.3 is 15.7 Å². The van der Waals surface area contributed by atoms with Crippen LogP contribution in [0.15, 0.2) is 0 Å². The van der Waals surface area contributed by atoms with Gasteiger partial charge in [0.25, 0.3) is 0 Å². The van der Waals surface area contributed by atoms with Crippen molar-refractivity contribution in [2.45, 2.75) is 45.2 Å². The maximum absolute atomic E-state index is 11.7. The molecule has 0 aromatic rings. The van der Waals surface area contributed by atoms with Crippen molar-refractivity contribution >= 4 is 11.9 Å². The minimum atomic E-state index is -0.899. The lowest BCUT2D eigenvalue weighted by Crippen LogP contribution is -2.53. The summed E-state index contributed by atoms with van der Waals surface area (Å²) in [6, 6.07) is -0.303. The first-order chi connectivity index (χ1) is 6.83. The summed E-state index contributed by atoms with van der Waals surface area (Å²) in [5, 5.41) is 14.2. The number of likely N-dealkylation sites (N-methyl/N-ethyl adjacent to an activating group) is 1. The number of carbonyl (C=O) groups is 2. The lowest BCUT2D eigenvalue weighted by Gasteiger charge is -2.25. The molecule has 88 valence electrons. The van der Waals surface area contributed by atoms with Crippen molar-refractivity contribution in [3.8, 4) is 0 Å². The number of carbonyl (C=O) groups excluding carboxylic acids is 1. The zero-order valence-electron chi connectivity index (χ0n) is 9.76. The van der Waals surface area contributed by atoms with Gasteiger partial charge in [-0.1, -0.05) is 6.92 Å². The molecule has 0 saturated heterocycles. The van der Waals surface area contributed by atoms with Crippen LogP contribution in [0, 0.1) is 0 Å². The molecular formula is C10H20N2O3. The topological polar surface area (TPSA) is 78.4 Å². The van der Waals surface area contributed by atoms with E-state index in [0.29, 0.717) is 6.42 Å². The van der Waals surface area contributed by atoms with Crippen LogP contribution in [0.1, 0.15) is 33.6 Å². The number of carboxylic acid groups (broad SMARTS) is 1. The number of amides is 1. The van der Waals surface area contributed by atoms with Gasteiger partial charge in [-0.2, -0.15) is 0 Å². The van der Waals surface area contributed by atoms with Gasteiger partial charge in [-0.3, -0.25) is 9.59 Å². The zero-order valence-corrected chi connectivity index (χ0v) is 9.76. The van der Waals surface area contributed by atoms with Gasteiger partial charge in [0, 0.05) is 6.04 Å². The molecule has 0 rings (SSSR count). The number of aliphatic carboxylic acids is 1. The Bertz CT molecular complexity index is 239. The van der Waals surface area contributed by atoms with Crippen molar-refractivity contribution < 1.29 is 14.7 Å². The molecule has 1 atom stereocenters. The highest BCUT2D eigenvalue weighted by Gasteiger charge is 2.27. The molecule has 5 heteroatoms. The van der Waals surface area contributed by atoms with Gasteiger partial charge in [0.05, 0.1) is 12.0 Å². The molecule has 0 aromatic carbocycles. The highest BCUT2D eigenvalue weighted by atomic mass is 16.4. The molecule has 1 amide bonds. The molecule has 0 heterocycles. The van der Waals surface area contributed by atoms with E-state index in [1.54, 1.807) is 20.9 Å². The van der Waals surface area contributed by atoms with Crippen LogP contribution in [0.5, 0.6) is 0 Å². The molecule has 0 spiro atoms. The zero-order chi connectivity index (χ0) is 12.1. The fourth-order valence-electron chi connectivity index (χ4n) is 0.988. The Balaban J connectivity index is 4.30. The van der Waals surface area contributed by atoms with Crippen molar-refractivity contribution in [1.29, 1.82) is 0 Å². The molecule has 0 bridgehead atoms. The first-order valence-corrected chi connectivity index (χ1v) is 5.05. The van der Waals surface area contributed by atoms with E-state index in [1.807, 2.05) is 6.92 Å². The van der Waals surface area contributed by atoms with E-state index in [-0.39, 0.29) is 18.4 Å². The third-order valence-corrected chi connectivity index (χ3v) is 2.44. The van der Waals surface area contributed by atoms with E-state index in [9.17, 15) is 9.59 Å². The monoisotopic (exact) mass is 216 g/mol. The highest BCUT2D eigenvalue weighted by molar-refractivity contribution is 5.86. The van der Waals surface area contributed by atoms with Crippen LogP contribution in [0.2, 0.25) is 0 Å². The van der Waals surface area contributed by atoms with E-state index >= 15 is 0 Å². The minimum absolute atomic E-state index is 0.0396. The number of rotatable bonds is 6. The Morgan fingerprint density at radius 3 is 2.27 bits per heavy atom. The van der Waals surface area contributed by atoms with Gasteiger partial charge in [0.1, 0.15) is 0 Å². The molecule has 0 aliphatic rings. The maximum Gasteiger partial charge on any atom is 0.305 e. The van der Waals surface area contributed by atoms with Gasteiger partial charge in [0.2, 0.25) is 5.91 Å². The van der Waals surface area contributed by atoms with Crippen LogP contribution in [-0.2, 0) is 9.59 Å². The smallest absolute Gasteiger partial charge is 0.305 e. The van der Waals surface area contributed by atoms with Gasteiger partial charge in [-0.15, -0.1) is 0 Å². The van der Waals surface area contributed by atoms with Crippen molar-refractivity contribution in [1.82, 2.24) is 10.6 Å². The molecule has 0 aromatic heterocycles. The second-order valence-electron chi connectivity index (χ2n) is 4.05. The van der Waals surface area contributed by atoms with Gasteiger partial charge >= 0.3 is 5.97 Å². The second-order valence-corrected chi connectivity index (χ2v) is 4.05. The maximum atomic E-state index is 11.7. The number of nitrogens with one attached hydrogen (secondary N) is 2. The molecule has 0 fully saturated rings. The standard InChI is InChI=1S/C10H20N2O3/c1-5-7(6-8(13)14)12-9(15)10(2,3)11-4/h7,11H,5-6H2,1-4H3,(H,12,15)(H,13,14). The molecular weight excluding hydrogens is 196 g/mol. The van der Waals surface area contributed by atoms with Crippen LogP contribution >= 0.6 is 0 Å². The summed E-state index contributed by atoms with van der Waals surface area (Å²) in [6.45, 7) is 5.34. The summed E-state index contributed by atoms with van der Waals surface area (Å²) in [5.41, 5.74) is -0.675. The van der Waals surface area contributed by atoms with Crippen LogP contribution in [0.3, 0.4) is 0 Å². The molecule has 5 nitrogen and oxygen atoms in total. The molecule has 0 saturated carbocycles. The Hall–Kier alpha value is -1.10. The van der Waals surface area contributed by atoms with E-state index in [2.05, 4.69) is 10.6 Å². The van der Waals surface area contributed by atoms with E-state index in [0.717, 1.165) is 0 Å². The molecule has 0 radical (unpaired) electrons. The average molecular weight is 216 g/mol. The predicted molar refractivity (Wildman–Crippen MR) is 57.6 cm³/mol. The normalized spacial score (nSPS) is 13.3. The Kier molecular flexibility index (Phi) is 5.28. The summed E-state index contributed by atoms with van der Waals surface area (Å²) < 4.78 is 0. The summed E-state index contributed by atoms with van der Waals surface area (Å²) in [5.74, 6) is -1.08. The van der Waals surface area contributed by atoms with Crippen molar-refractivity contribution in [2.75, 3.05) is 7.05 Å². The molecule has 3 N–H and O–H groups in total. The number of hydrogen-bond donors (Lipinski definition) is 3. The minimum Gasteiger partial charge on any atom is -0.481 e. The summed E-state index contributed by atoms with van der Waals surface area (Å²) in [6.07, 6.45) is 0.569. The molecule has 1 unspecified atom stereocenters. The fourth-order valence-corrected chi connectivity index (χ4v) is 0.988. The van der Waals surface area contributed by atoms with Crippen LogP contribution < -0.4 is 10.6 Å².